The number of likely N-dealkylation sites (N-methyl/N-ethyl adjacent to an activating group) is 1. The Morgan fingerprint density at radius 1 is 1.11 bits per heavy atom. The molecule has 0 radical (unpaired) electrons. The summed E-state index contributed by atoms with van der Waals surface area (Å²) in [5.74, 6) is -0.160. The number of anilines is 5. The Bertz CT molecular complexity index is 1280. The van der Waals surface area contributed by atoms with Gasteiger partial charge in [-0.3, -0.25) is 4.79 Å². The van der Waals surface area contributed by atoms with Crippen LogP contribution in [0.4, 0.5) is 33.0 Å². The Balaban J connectivity index is 1.65. The lowest BCUT2D eigenvalue weighted by atomic mass is 10.0. The smallest absolute Gasteiger partial charge is 0.241 e. The summed E-state index contributed by atoms with van der Waals surface area (Å²) in [7, 11) is 2.06. The number of rotatable bonds is 8. The van der Waals surface area contributed by atoms with Crippen LogP contribution in [0.1, 0.15) is 20.3 Å². The molecule has 38 heavy (non-hydrogen) atoms. The molecule has 4 rings (SSSR count). The summed E-state index contributed by atoms with van der Waals surface area (Å²) >= 11 is 6.08. The molecule has 1 aromatic heterocycles. The first kappa shape index (κ1) is 27.6. The maximum absolute atomic E-state index is 16.2. The van der Waals surface area contributed by atoms with E-state index in [1.54, 1.807) is 30.3 Å². The normalized spacial score (nSPS) is 15.0. The molecule has 11 heteroatoms. The Morgan fingerprint density at radius 3 is 2.45 bits per heavy atom. The first-order valence-corrected chi connectivity index (χ1v) is 13.0. The van der Waals surface area contributed by atoms with E-state index in [2.05, 4.69) is 37.4 Å². The molecule has 1 fully saturated rings. The zero-order chi connectivity index (χ0) is 27.4. The van der Waals surface area contributed by atoms with E-state index in [-0.39, 0.29) is 28.3 Å². The van der Waals surface area contributed by atoms with Crippen LogP contribution in [0.5, 0.6) is 0 Å². The number of nitrogens with two attached hydrogens (primary N) is 2. The molecule has 1 unspecified atom stereocenters. The van der Waals surface area contributed by atoms with E-state index in [1.165, 1.54) is 6.33 Å². The van der Waals surface area contributed by atoms with E-state index >= 15 is 4.39 Å². The number of aromatic nitrogens is 2. The van der Waals surface area contributed by atoms with Crippen LogP contribution in [-0.2, 0) is 4.79 Å². The molecule has 1 amide bonds. The third-order valence-corrected chi connectivity index (χ3v) is 6.87. The maximum atomic E-state index is 16.2. The van der Waals surface area contributed by atoms with Crippen molar-refractivity contribution in [2.45, 2.75) is 26.3 Å². The first-order chi connectivity index (χ1) is 18.1. The van der Waals surface area contributed by atoms with E-state index in [0.717, 1.165) is 26.2 Å². The van der Waals surface area contributed by atoms with Crippen molar-refractivity contribution in [1.29, 1.82) is 0 Å². The fraction of sp³-hybridized carbons (Fsp3) is 0.370. The van der Waals surface area contributed by atoms with E-state index in [0.29, 0.717) is 34.8 Å². The van der Waals surface area contributed by atoms with Gasteiger partial charge in [-0.2, -0.15) is 0 Å². The summed E-state index contributed by atoms with van der Waals surface area (Å²) in [5.41, 5.74) is 14.8. The molecule has 0 aliphatic carbocycles. The molecule has 1 saturated heterocycles. The maximum Gasteiger partial charge on any atom is 0.241 e. The number of carbonyl (C=O) groups excluding carboxylic acids is 1. The lowest BCUT2D eigenvalue weighted by molar-refractivity contribution is -0.117. The molecular formula is C27H34ClFN8O. The van der Waals surface area contributed by atoms with Crippen molar-refractivity contribution in [2.24, 2.45) is 11.7 Å². The molecule has 1 aliphatic heterocycles. The minimum absolute atomic E-state index is 0.0889. The minimum atomic E-state index is -0.592. The number of nitrogen functional groups attached to an aromatic ring is 1. The molecule has 1 aliphatic rings. The van der Waals surface area contributed by atoms with E-state index in [4.69, 9.17) is 23.1 Å². The molecule has 2 aromatic carbocycles. The van der Waals surface area contributed by atoms with Crippen molar-refractivity contribution in [1.82, 2.24) is 14.9 Å². The van der Waals surface area contributed by atoms with Gasteiger partial charge < -0.3 is 31.9 Å². The summed E-state index contributed by atoms with van der Waals surface area (Å²) in [6.07, 6.45) is 1.87. The van der Waals surface area contributed by atoms with Crippen molar-refractivity contribution in [3.05, 3.63) is 53.7 Å². The highest BCUT2D eigenvalue weighted by Gasteiger charge is 2.23. The number of halogens is 2. The number of nitrogens with zero attached hydrogens (tertiary/aromatic N) is 4. The quantitative estimate of drug-likeness (QED) is 0.311. The van der Waals surface area contributed by atoms with Crippen LogP contribution >= 0.6 is 11.6 Å². The summed E-state index contributed by atoms with van der Waals surface area (Å²) in [4.78, 5) is 24.8. The summed E-state index contributed by atoms with van der Waals surface area (Å²) in [6, 6.07) is 10.1. The number of amides is 1. The molecule has 9 nitrogen and oxygen atoms in total. The number of hydrogen-bond acceptors (Lipinski definition) is 8. The van der Waals surface area contributed by atoms with Crippen LogP contribution in [0.2, 0.25) is 5.15 Å². The van der Waals surface area contributed by atoms with Crippen molar-refractivity contribution in [3.63, 3.8) is 0 Å². The highest BCUT2D eigenvalue weighted by molar-refractivity contribution is 6.32. The first-order valence-electron chi connectivity index (χ1n) is 12.6. The van der Waals surface area contributed by atoms with Gasteiger partial charge in [0.1, 0.15) is 17.7 Å². The molecular weight excluding hydrogens is 507 g/mol. The third kappa shape index (κ3) is 6.32. The van der Waals surface area contributed by atoms with Gasteiger partial charge in [-0.1, -0.05) is 37.6 Å². The van der Waals surface area contributed by atoms with Gasteiger partial charge in [0.05, 0.1) is 11.7 Å². The topological polar surface area (TPSA) is 125 Å². The minimum Gasteiger partial charge on any atom is -0.393 e. The molecule has 202 valence electrons. The van der Waals surface area contributed by atoms with E-state index in [9.17, 15) is 4.79 Å². The van der Waals surface area contributed by atoms with Gasteiger partial charge in [0, 0.05) is 37.4 Å². The second-order valence-electron chi connectivity index (χ2n) is 9.97. The lowest BCUT2D eigenvalue weighted by Crippen LogP contribution is -2.44. The predicted octanol–water partition coefficient (Wildman–Crippen LogP) is 4.33. The van der Waals surface area contributed by atoms with E-state index in [1.807, 2.05) is 19.9 Å². The van der Waals surface area contributed by atoms with Crippen molar-refractivity contribution < 1.29 is 9.18 Å². The molecule has 0 bridgehead atoms. The largest absolute Gasteiger partial charge is 0.393 e. The van der Waals surface area contributed by atoms with Crippen LogP contribution in [0.3, 0.4) is 0 Å². The van der Waals surface area contributed by atoms with Crippen molar-refractivity contribution in [3.8, 4) is 11.1 Å². The molecule has 0 saturated carbocycles. The zero-order valence-corrected chi connectivity index (χ0v) is 22.6. The fourth-order valence-corrected chi connectivity index (χ4v) is 4.53. The van der Waals surface area contributed by atoms with Crippen LogP contribution in [0, 0.1) is 11.7 Å². The summed E-state index contributed by atoms with van der Waals surface area (Å²) in [5, 5.41) is 5.99. The average Bonchev–Trinajstić information content (AvgIpc) is 2.88. The van der Waals surface area contributed by atoms with Gasteiger partial charge in [-0.15, -0.1) is 0 Å². The summed E-state index contributed by atoms with van der Waals surface area (Å²) in [6.45, 7) is 7.25. The van der Waals surface area contributed by atoms with Crippen LogP contribution in [0.15, 0.2) is 42.7 Å². The zero-order valence-electron chi connectivity index (χ0n) is 21.8. The molecule has 0 spiro atoms. The van der Waals surface area contributed by atoms with Crippen molar-refractivity contribution in [2.75, 3.05) is 54.5 Å². The SMILES string of the molecule is CC(C)CC(N)C(=O)Nc1ccc(-c2ccc(N3CCN(C)CC3)c(Nc3ncnc(Cl)c3N)c2F)cc1. The van der Waals surface area contributed by atoms with Gasteiger partial charge in [-0.05, 0) is 49.2 Å². The third-order valence-electron chi connectivity index (χ3n) is 6.57. The van der Waals surface area contributed by atoms with Gasteiger partial charge in [0.15, 0.2) is 16.8 Å². The highest BCUT2D eigenvalue weighted by Crippen LogP contribution is 2.39. The van der Waals surface area contributed by atoms with Gasteiger partial charge >= 0.3 is 0 Å². The van der Waals surface area contributed by atoms with Gasteiger partial charge in [0.2, 0.25) is 5.91 Å². The predicted molar refractivity (Wildman–Crippen MR) is 152 cm³/mol. The van der Waals surface area contributed by atoms with Gasteiger partial charge in [-0.25, -0.2) is 14.4 Å². The molecule has 3 aromatic rings. The van der Waals surface area contributed by atoms with Crippen LogP contribution in [-0.4, -0.2) is 60.0 Å². The van der Waals surface area contributed by atoms with Crippen LogP contribution in [0.25, 0.3) is 11.1 Å². The monoisotopic (exact) mass is 540 g/mol. The second kappa shape index (κ2) is 11.9. The van der Waals surface area contributed by atoms with E-state index < -0.39 is 11.9 Å². The molecule has 2 heterocycles. The summed E-state index contributed by atoms with van der Waals surface area (Å²) < 4.78 is 16.2. The Hall–Kier alpha value is -3.47. The number of nitrogens with one attached hydrogen (secondary N) is 2. The number of piperazine rings is 1. The fourth-order valence-electron chi connectivity index (χ4n) is 4.39. The number of carbonyl (C=O) groups is 1. The molecule has 1 atom stereocenters. The van der Waals surface area contributed by atoms with Gasteiger partial charge in [0.25, 0.3) is 0 Å². The lowest BCUT2D eigenvalue weighted by Gasteiger charge is -2.35. The Kier molecular flexibility index (Phi) is 8.65. The van der Waals surface area contributed by atoms with Crippen LogP contribution < -0.4 is 27.0 Å². The number of hydrogen-bond donors (Lipinski definition) is 4. The highest BCUT2D eigenvalue weighted by atomic mass is 35.5. The second-order valence-corrected chi connectivity index (χ2v) is 10.3. The average molecular weight is 541 g/mol. The Morgan fingerprint density at radius 2 is 1.79 bits per heavy atom. The standard InChI is InChI=1S/C27H34ClFN8O/c1-16(2)14-20(30)27(38)34-18-6-4-17(5-7-18)19-8-9-21(37-12-10-36(3)11-13-37)24(22(19)29)35-26-23(31)25(28)32-15-33-26/h4-9,15-16,20H,10-14,30-31H2,1-3H3,(H,34,38)(H,32,33,35). The number of benzene rings is 2. The molecule has 6 N–H and O–H groups in total. The Labute approximate surface area is 227 Å². The van der Waals surface area contributed by atoms with Crippen molar-refractivity contribution >= 4 is 46.1 Å².